The highest BCUT2D eigenvalue weighted by molar-refractivity contribution is 5.76. The Balaban J connectivity index is 1.86. The number of carbonyl (C=O) groups excluding carboxylic acids is 1. The van der Waals surface area contributed by atoms with Crippen molar-refractivity contribution in [2.45, 2.75) is 13.0 Å². The van der Waals surface area contributed by atoms with Crippen LogP contribution < -0.4 is 10.5 Å². The molecule has 0 radical (unpaired) electrons. The quantitative estimate of drug-likeness (QED) is 0.777. The largest absolute Gasteiger partial charge is 0.485 e. The van der Waals surface area contributed by atoms with Crippen molar-refractivity contribution in [3.8, 4) is 5.75 Å². The molecule has 5 nitrogen and oxygen atoms in total. The average Bonchev–Trinajstić information content (AvgIpc) is 2.89. The van der Waals surface area contributed by atoms with Crippen molar-refractivity contribution in [2.75, 3.05) is 0 Å². The van der Waals surface area contributed by atoms with Gasteiger partial charge in [-0.2, -0.15) is 0 Å². The summed E-state index contributed by atoms with van der Waals surface area (Å²) in [4.78, 5) is 15.4. The van der Waals surface area contributed by atoms with Gasteiger partial charge in [-0.15, -0.1) is 0 Å². The number of hydrogen-bond donors (Lipinski definition) is 1. The second-order valence-corrected chi connectivity index (χ2v) is 4.73. The third-order valence-corrected chi connectivity index (χ3v) is 3.17. The topological polar surface area (TPSA) is 69.6 Å². The van der Waals surface area contributed by atoms with Crippen LogP contribution in [-0.2, 0) is 17.8 Å². The lowest BCUT2D eigenvalue weighted by Crippen LogP contribution is -2.14. The second-order valence-electron chi connectivity index (χ2n) is 4.73. The molecule has 0 fully saturated rings. The number of hydrogen-bond acceptors (Lipinski definition) is 3. The molecule has 0 saturated heterocycles. The Labute approximate surface area is 122 Å². The van der Waals surface area contributed by atoms with E-state index in [0.29, 0.717) is 18.0 Å². The highest BCUT2D eigenvalue weighted by Crippen LogP contribution is 2.21. The third kappa shape index (κ3) is 2.86. The number of imidazole rings is 1. The number of nitrogens with zero attached hydrogens (tertiary/aromatic N) is 2. The maximum absolute atomic E-state index is 11.1. The van der Waals surface area contributed by atoms with Crippen molar-refractivity contribution >= 4 is 11.6 Å². The highest BCUT2D eigenvalue weighted by Gasteiger charge is 2.10. The molecule has 0 bridgehead atoms. The van der Waals surface area contributed by atoms with Crippen LogP contribution in [0, 0.1) is 0 Å². The fraction of sp³-hybridized carbons (Fsp3) is 0.125. The van der Waals surface area contributed by atoms with Crippen LogP contribution >= 0.6 is 0 Å². The molecular formula is C16H15N3O2. The summed E-state index contributed by atoms with van der Waals surface area (Å²) < 4.78 is 7.65. The lowest BCUT2D eigenvalue weighted by atomic mass is 10.2. The maximum Gasteiger partial charge on any atom is 0.223 e. The van der Waals surface area contributed by atoms with E-state index in [1.165, 1.54) is 0 Å². The van der Waals surface area contributed by atoms with E-state index >= 15 is 0 Å². The first kappa shape index (κ1) is 13.2. The number of primary amides is 1. The van der Waals surface area contributed by atoms with E-state index in [1.54, 1.807) is 6.20 Å². The molecule has 1 aromatic carbocycles. The van der Waals surface area contributed by atoms with E-state index in [-0.39, 0.29) is 12.3 Å². The standard InChI is InChI=1S/C16H15N3O2/c17-15(20)9-13-10-18-16-14(7-4-8-19(13)16)21-11-12-5-2-1-3-6-12/h1-8,10H,9,11H2,(H2,17,20). The van der Waals surface area contributed by atoms with Crippen LogP contribution in [0.25, 0.3) is 5.65 Å². The lowest BCUT2D eigenvalue weighted by Gasteiger charge is -2.08. The Morgan fingerprint density at radius 3 is 2.76 bits per heavy atom. The minimum Gasteiger partial charge on any atom is -0.485 e. The number of aromatic nitrogens is 2. The van der Waals surface area contributed by atoms with Gasteiger partial charge in [0.25, 0.3) is 0 Å². The number of amides is 1. The average molecular weight is 281 g/mol. The van der Waals surface area contributed by atoms with Gasteiger partial charge in [0.05, 0.1) is 12.1 Å². The molecular weight excluding hydrogens is 266 g/mol. The number of carbonyl (C=O) groups is 1. The minimum absolute atomic E-state index is 0.156. The molecule has 0 atom stereocenters. The van der Waals surface area contributed by atoms with Gasteiger partial charge >= 0.3 is 0 Å². The first-order valence-corrected chi connectivity index (χ1v) is 6.64. The first-order chi connectivity index (χ1) is 10.2. The first-order valence-electron chi connectivity index (χ1n) is 6.64. The van der Waals surface area contributed by atoms with Crippen molar-refractivity contribution in [3.05, 3.63) is 66.1 Å². The molecule has 1 amide bonds. The van der Waals surface area contributed by atoms with Crippen LogP contribution in [0.1, 0.15) is 11.3 Å². The van der Waals surface area contributed by atoms with Gasteiger partial charge in [0.15, 0.2) is 11.4 Å². The van der Waals surface area contributed by atoms with Crippen molar-refractivity contribution in [1.29, 1.82) is 0 Å². The molecule has 2 N–H and O–H groups in total. The van der Waals surface area contributed by atoms with E-state index in [0.717, 1.165) is 11.3 Å². The number of nitrogens with two attached hydrogens (primary N) is 1. The summed E-state index contributed by atoms with van der Waals surface area (Å²) >= 11 is 0. The summed E-state index contributed by atoms with van der Waals surface area (Å²) in [7, 11) is 0. The van der Waals surface area contributed by atoms with Gasteiger partial charge in [-0.05, 0) is 17.7 Å². The molecule has 106 valence electrons. The third-order valence-electron chi connectivity index (χ3n) is 3.17. The van der Waals surface area contributed by atoms with Gasteiger partial charge in [0, 0.05) is 12.4 Å². The Kier molecular flexibility index (Phi) is 3.55. The summed E-state index contributed by atoms with van der Waals surface area (Å²) in [5, 5.41) is 0. The van der Waals surface area contributed by atoms with Gasteiger partial charge in [-0.3, -0.25) is 4.79 Å². The molecule has 0 aliphatic carbocycles. The van der Waals surface area contributed by atoms with E-state index in [9.17, 15) is 4.79 Å². The van der Waals surface area contributed by atoms with E-state index in [1.807, 2.05) is 53.1 Å². The number of pyridine rings is 1. The molecule has 3 rings (SSSR count). The summed E-state index contributed by atoms with van der Waals surface area (Å²) in [5.74, 6) is 0.296. The Hall–Kier alpha value is -2.82. The van der Waals surface area contributed by atoms with Crippen LogP contribution in [0.3, 0.4) is 0 Å². The van der Waals surface area contributed by atoms with Crippen LogP contribution in [-0.4, -0.2) is 15.3 Å². The van der Waals surface area contributed by atoms with E-state index in [4.69, 9.17) is 10.5 Å². The maximum atomic E-state index is 11.1. The zero-order valence-corrected chi connectivity index (χ0v) is 11.4. The fourth-order valence-electron chi connectivity index (χ4n) is 2.19. The second kappa shape index (κ2) is 5.66. The van der Waals surface area contributed by atoms with Crippen molar-refractivity contribution < 1.29 is 9.53 Å². The van der Waals surface area contributed by atoms with Gasteiger partial charge < -0.3 is 14.9 Å². The number of ether oxygens (including phenoxy) is 1. The molecule has 2 aromatic heterocycles. The van der Waals surface area contributed by atoms with Crippen molar-refractivity contribution in [3.63, 3.8) is 0 Å². The molecule has 0 aliphatic rings. The van der Waals surface area contributed by atoms with Gasteiger partial charge in [-0.25, -0.2) is 4.98 Å². The van der Waals surface area contributed by atoms with Crippen LogP contribution in [0.4, 0.5) is 0 Å². The SMILES string of the molecule is NC(=O)Cc1cnc2c(OCc3ccccc3)cccn12. The Morgan fingerprint density at radius 2 is 2.00 bits per heavy atom. The smallest absolute Gasteiger partial charge is 0.223 e. The zero-order chi connectivity index (χ0) is 14.7. The van der Waals surface area contributed by atoms with Crippen molar-refractivity contribution in [2.24, 2.45) is 5.73 Å². The lowest BCUT2D eigenvalue weighted by molar-refractivity contribution is -0.117. The Bertz CT molecular complexity index is 766. The summed E-state index contributed by atoms with van der Waals surface area (Å²) in [6, 6.07) is 13.6. The predicted molar refractivity (Wildman–Crippen MR) is 78.9 cm³/mol. The fourth-order valence-corrected chi connectivity index (χ4v) is 2.19. The van der Waals surface area contributed by atoms with E-state index in [2.05, 4.69) is 4.98 Å². The number of rotatable bonds is 5. The number of benzene rings is 1. The molecule has 0 unspecified atom stereocenters. The molecule has 0 aliphatic heterocycles. The van der Waals surface area contributed by atoms with Gasteiger partial charge in [-0.1, -0.05) is 30.3 Å². The van der Waals surface area contributed by atoms with Crippen LogP contribution in [0.5, 0.6) is 5.75 Å². The summed E-state index contributed by atoms with van der Waals surface area (Å²) in [5.41, 5.74) is 7.76. The van der Waals surface area contributed by atoms with Crippen LogP contribution in [0.15, 0.2) is 54.9 Å². The van der Waals surface area contributed by atoms with E-state index < -0.39 is 0 Å². The summed E-state index contributed by atoms with van der Waals surface area (Å²) in [6.07, 6.45) is 3.65. The van der Waals surface area contributed by atoms with Gasteiger partial charge in [0.1, 0.15) is 6.61 Å². The normalized spacial score (nSPS) is 10.7. The Morgan fingerprint density at radius 1 is 1.19 bits per heavy atom. The zero-order valence-electron chi connectivity index (χ0n) is 11.4. The predicted octanol–water partition coefficient (Wildman–Crippen LogP) is 1.94. The monoisotopic (exact) mass is 281 g/mol. The molecule has 5 heteroatoms. The molecule has 21 heavy (non-hydrogen) atoms. The van der Waals surface area contributed by atoms with Crippen molar-refractivity contribution in [1.82, 2.24) is 9.38 Å². The number of fused-ring (bicyclic) bond motifs is 1. The molecule has 0 spiro atoms. The van der Waals surface area contributed by atoms with Gasteiger partial charge in [0.2, 0.25) is 5.91 Å². The highest BCUT2D eigenvalue weighted by atomic mass is 16.5. The molecule has 0 saturated carbocycles. The minimum atomic E-state index is -0.382. The summed E-state index contributed by atoms with van der Waals surface area (Å²) in [6.45, 7) is 0.471. The van der Waals surface area contributed by atoms with Crippen LogP contribution in [0.2, 0.25) is 0 Å². The molecule has 3 aromatic rings. The molecule has 2 heterocycles.